The number of nitrogens with two attached hydrogens (primary N) is 1. The second-order valence-corrected chi connectivity index (χ2v) is 6.91. The fourth-order valence-electron chi connectivity index (χ4n) is 3.67. The molecule has 2 N–H and O–H groups in total. The molecular formula is C17H25ClN2O. The van der Waals surface area contributed by atoms with Crippen LogP contribution in [0.4, 0.5) is 0 Å². The summed E-state index contributed by atoms with van der Waals surface area (Å²) in [6.45, 7) is 1.83. The first kappa shape index (κ1) is 15.1. The summed E-state index contributed by atoms with van der Waals surface area (Å²) < 4.78 is 6.03. The van der Waals surface area contributed by atoms with Gasteiger partial charge < -0.3 is 10.5 Å². The first-order chi connectivity index (χ1) is 10.2. The molecule has 2 atom stereocenters. The molecule has 0 amide bonds. The Morgan fingerprint density at radius 2 is 2.10 bits per heavy atom. The van der Waals surface area contributed by atoms with Crippen LogP contribution < -0.4 is 10.5 Å². The number of ether oxygens (including phenoxy) is 1. The maximum atomic E-state index is 6.44. The van der Waals surface area contributed by atoms with Gasteiger partial charge in [0.1, 0.15) is 5.75 Å². The van der Waals surface area contributed by atoms with E-state index in [-0.39, 0.29) is 0 Å². The van der Waals surface area contributed by atoms with Crippen molar-refractivity contribution in [2.75, 3.05) is 20.1 Å². The molecule has 1 aliphatic carbocycles. The zero-order valence-electron chi connectivity index (χ0n) is 12.7. The van der Waals surface area contributed by atoms with Gasteiger partial charge >= 0.3 is 0 Å². The van der Waals surface area contributed by atoms with E-state index >= 15 is 0 Å². The summed E-state index contributed by atoms with van der Waals surface area (Å²) in [5.41, 5.74) is 7.08. The lowest BCUT2D eigenvalue weighted by molar-refractivity contribution is 0.210. The lowest BCUT2D eigenvalue weighted by Crippen LogP contribution is -2.20. The van der Waals surface area contributed by atoms with Gasteiger partial charge in [0, 0.05) is 12.6 Å². The molecule has 2 fully saturated rings. The van der Waals surface area contributed by atoms with Gasteiger partial charge in [-0.05, 0) is 69.3 Å². The summed E-state index contributed by atoms with van der Waals surface area (Å²) >= 11 is 6.44. The van der Waals surface area contributed by atoms with Crippen LogP contribution in [0, 0.1) is 5.92 Å². The lowest BCUT2D eigenvalue weighted by Gasteiger charge is -2.21. The van der Waals surface area contributed by atoms with Crippen molar-refractivity contribution in [3.05, 3.63) is 28.8 Å². The van der Waals surface area contributed by atoms with Crippen molar-refractivity contribution in [3.8, 4) is 5.75 Å². The summed E-state index contributed by atoms with van der Waals surface area (Å²) in [4.78, 5) is 2.38. The topological polar surface area (TPSA) is 38.5 Å². The van der Waals surface area contributed by atoms with Crippen molar-refractivity contribution in [1.82, 2.24) is 4.90 Å². The van der Waals surface area contributed by atoms with Crippen LogP contribution in [-0.2, 0) is 0 Å². The summed E-state index contributed by atoms with van der Waals surface area (Å²) in [6.07, 6.45) is 6.32. The van der Waals surface area contributed by atoms with E-state index < -0.39 is 0 Å². The molecule has 3 nitrogen and oxygen atoms in total. The molecule has 1 heterocycles. The monoisotopic (exact) mass is 308 g/mol. The fraction of sp³-hybridized carbons (Fsp3) is 0.647. The van der Waals surface area contributed by atoms with Crippen molar-refractivity contribution < 1.29 is 4.74 Å². The molecule has 1 saturated carbocycles. The van der Waals surface area contributed by atoms with E-state index in [9.17, 15) is 0 Å². The van der Waals surface area contributed by atoms with Crippen molar-refractivity contribution >= 4 is 11.6 Å². The van der Waals surface area contributed by atoms with E-state index in [1.807, 2.05) is 6.07 Å². The predicted octanol–water partition coefficient (Wildman–Crippen LogP) is 3.61. The quantitative estimate of drug-likeness (QED) is 0.923. The molecule has 3 rings (SSSR count). The molecule has 21 heavy (non-hydrogen) atoms. The standard InChI is InChI=1S/C17H25ClN2O/c1-20-11-12(10-19)8-16(20)13-6-7-17(15(18)9-13)21-14-4-2-3-5-14/h6-7,9,12,14,16H,2-5,8,10-11,19H2,1H3. The largest absolute Gasteiger partial charge is 0.489 e. The number of benzene rings is 1. The van der Waals surface area contributed by atoms with E-state index in [4.69, 9.17) is 22.1 Å². The van der Waals surface area contributed by atoms with Gasteiger partial charge in [0.2, 0.25) is 0 Å². The maximum absolute atomic E-state index is 6.44. The molecule has 1 aromatic rings. The Hall–Kier alpha value is -0.770. The van der Waals surface area contributed by atoms with Crippen LogP contribution in [0.2, 0.25) is 5.02 Å². The minimum absolute atomic E-state index is 0.351. The Kier molecular flexibility index (Phi) is 4.72. The molecule has 0 bridgehead atoms. The van der Waals surface area contributed by atoms with E-state index in [0.717, 1.165) is 43.1 Å². The second-order valence-electron chi connectivity index (χ2n) is 6.51. The van der Waals surface area contributed by atoms with Gasteiger partial charge in [-0.15, -0.1) is 0 Å². The minimum atomic E-state index is 0.351. The minimum Gasteiger partial charge on any atom is -0.489 e. The van der Waals surface area contributed by atoms with Gasteiger partial charge in [0.05, 0.1) is 11.1 Å². The van der Waals surface area contributed by atoms with E-state index in [0.29, 0.717) is 18.1 Å². The molecule has 116 valence electrons. The third-order valence-corrected chi connectivity index (χ3v) is 5.20. The number of rotatable bonds is 4. The third-order valence-electron chi connectivity index (χ3n) is 4.90. The second kappa shape index (κ2) is 6.55. The van der Waals surface area contributed by atoms with E-state index in [1.165, 1.54) is 18.4 Å². The van der Waals surface area contributed by atoms with Crippen molar-refractivity contribution in [3.63, 3.8) is 0 Å². The van der Waals surface area contributed by atoms with Crippen LogP contribution in [0.5, 0.6) is 5.75 Å². The number of nitrogens with zero attached hydrogens (tertiary/aromatic N) is 1. The summed E-state index contributed by atoms with van der Waals surface area (Å²) in [5, 5.41) is 0.740. The van der Waals surface area contributed by atoms with Crippen LogP contribution in [0.25, 0.3) is 0 Å². The summed E-state index contributed by atoms with van der Waals surface area (Å²) in [6, 6.07) is 6.71. The normalized spacial score (nSPS) is 27.4. The zero-order valence-corrected chi connectivity index (χ0v) is 13.5. The van der Waals surface area contributed by atoms with Crippen LogP contribution >= 0.6 is 11.6 Å². The van der Waals surface area contributed by atoms with E-state index in [1.54, 1.807) is 0 Å². The first-order valence-electron chi connectivity index (χ1n) is 8.03. The highest BCUT2D eigenvalue weighted by Gasteiger charge is 2.30. The van der Waals surface area contributed by atoms with Crippen molar-refractivity contribution in [1.29, 1.82) is 0 Å². The average Bonchev–Trinajstić information content (AvgIpc) is 3.10. The number of halogens is 1. The lowest BCUT2D eigenvalue weighted by atomic mass is 10.00. The zero-order chi connectivity index (χ0) is 14.8. The number of hydrogen-bond acceptors (Lipinski definition) is 3. The highest BCUT2D eigenvalue weighted by molar-refractivity contribution is 6.32. The number of likely N-dealkylation sites (tertiary alicyclic amines) is 1. The van der Waals surface area contributed by atoms with Crippen LogP contribution in [-0.4, -0.2) is 31.1 Å². The predicted molar refractivity (Wildman–Crippen MR) is 86.9 cm³/mol. The van der Waals surface area contributed by atoms with E-state index in [2.05, 4.69) is 24.1 Å². The molecular weight excluding hydrogens is 284 g/mol. The highest BCUT2D eigenvalue weighted by Crippen LogP contribution is 2.37. The Labute approximate surface area is 132 Å². The Bertz CT molecular complexity index is 488. The Balaban J connectivity index is 1.71. The van der Waals surface area contributed by atoms with Gasteiger partial charge in [0.15, 0.2) is 0 Å². The van der Waals surface area contributed by atoms with Gasteiger partial charge in [-0.1, -0.05) is 17.7 Å². The molecule has 4 heteroatoms. The molecule has 1 saturated heterocycles. The van der Waals surface area contributed by atoms with Gasteiger partial charge in [-0.3, -0.25) is 4.90 Å². The Morgan fingerprint density at radius 1 is 1.33 bits per heavy atom. The molecule has 2 unspecified atom stereocenters. The van der Waals surface area contributed by atoms with Crippen molar-refractivity contribution in [2.24, 2.45) is 11.7 Å². The third kappa shape index (κ3) is 3.36. The average molecular weight is 309 g/mol. The molecule has 2 aliphatic rings. The first-order valence-corrected chi connectivity index (χ1v) is 8.41. The molecule has 1 aromatic carbocycles. The van der Waals surface area contributed by atoms with Crippen LogP contribution in [0.3, 0.4) is 0 Å². The molecule has 0 aromatic heterocycles. The van der Waals surface area contributed by atoms with Gasteiger partial charge in [-0.25, -0.2) is 0 Å². The summed E-state index contributed by atoms with van der Waals surface area (Å²) in [5.74, 6) is 1.43. The maximum Gasteiger partial charge on any atom is 0.138 e. The Morgan fingerprint density at radius 3 is 2.71 bits per heavy atom. The van der Waals surface area contributed by atoms with Gasteiger partial charge in [-0.2, -0.15) is 0 Å². The smallest absolute Gasteiger partial charge is 0.138 e. The SMILES string of the molecule is CN1CC(CN)CC1c1ccc(OC2CCCC2)c(Cl)c1. The number of hydrogen-bond donors (Lipinski definition) is 1. The molecule has 1 aliphatic heterocycles. The molecule has 0 spiro atoms. The van der Waals surface area contributed by atoms with Crippen molar-refractivity contribution in [2.45, 2.75) is 44.2 Å². The van der Waals surface area contributed by atoms with Crippen LogP contribution in [0.1, 0.15) is 43.7 Å². The highest BCUT2D eigenvalue weighted by atomic mass is 35.5. The van der Waals surface area contributed by atoms with Gasteiger partial charge in [0.25, 0.3) is 0 Å². The summed E-state index contributed by atoms with van der Waals surface area (Å²) in [7, 11) is 2.16. The fourth-order valence-corrected chi connectivity index (χ4v) is 3.91. The molecule has 0 radical (unpaired) electrons. The van der Waals surface area contributed by atoms with Crippen LogP contribution in [0.15, 0.2) is 18.2 Å².